The highest BCUT2D eigenvalue weighted by molar-refractivity contribution is 5.45. The molecule has 18 heavy (non-hydrogen) atoms. The van der Waals surface area contributed by atoms with Gasteiger partial charge in [-0.3, -0.25) is 0 Å². The maximum atomic E-state index is 13.1. The van der Waals surface area contributed by atoms with Crippen LogP contribution in [0.3, 0.4) is 0 Å². The first-order chi connectivity index (χ1) is 8.59. The highest BCUT2D eigenvalue weighted by Crippen LogP contribution is 2.21. The zero-order chi connectivity index (χ0) is 13.4. The Morgan fingerprint density at radius 2 is 2.06 bits per heavy atom. The smallest absolute Gasteiger partial charge is 0.125 e. The molecule has 0 heterocycles. The fourth-order valence-corrected chi connectivity index (χ4v) is 2.04. The number of anilines is 1. The Morgan fingerprint density at radius 1 is 1.28 bits per heavy atom. The molecule has 2 nitrogen and oxygen atoms in total. The van der Waals surface area contributed by atoms with Crippen LogP contribution >= 0.6 is 0 Å². The molecule has 1 rings (SSSR count). The van der Waals surface area contributed by atoms with Gasteiger partial charge in [-0.25, -0.2) is 4.39 Å². The van der Waals surface area contributed by atoms with E-state index in [2.05, 4.69) is 12.2 Å². The lowest BCUT2D eigenvalue weighted by atomic mass is 9.94. The number of unbranched alkanes of at least 4 members (excludes halogenated alkanes) is 3. The molecule has 0 saturated heterocycles. The van der Waals surface area contributed by atoms with Crippen LogP contribution < -0.4 is 5.32 Å². The van der Waals surface area contributed by atoms with Gasteiger partial charge in [0.2, 0.25) is 0 Å². The van der Waals surface area contributed by atoms with E-state index in [0.717, 1.165) is 18.5 Å². The van der Waals surface area contributed by atoms with Gasteiger partial charge in [-0.05, 0) is 31.5 Å². The van der Waals surface area contributed by atoms with Crippen molar-refractivity contribution < 1.29 is 9.50 Å². The standard InChI is InChI=1S/C15H24FNO/c1-3-4-5-6-10-15(2,12-18)17-14-9-7-8-13(16)11-14/h7-9,11,17-18H,3-6,10,12H2,1-2H3. The lowest BCUT2D eigenvalue weighted by Crippen LogP contribution is -2.38. The number of hydrogen-bond donors (Lipinski definition) is 2. The van der Waals surface area contributed by atoms with E-state index in [4.69, 9.17) is 0 Å². The summed E-state index contributed by atoms with van der Waals surface area (Å²) in [7, 11) is 0. The van der Waals surface area contributed by atoms with E-state index in [1.165, 1.54) is 31.4 Å². The van der Waals surface area contributed by atoms with Gasteiger partial charge in [-0.15, -0.1) is 0 Å². The van der Waals surface area contributed by atoms with Crippen LogP contribution in [0.25, 0.3) is 0 Å². The molecule has 0 saturated carbocycles. The minimum absolute atomic E-state index is 0.0512. The third-order valence-electron chi connectivity index (χ3n) is 3.20. The normalized spacial score (nSPS) is 14.2. The van der Waals surface area contributed by atoms with E-state index in [0.29, 0.717) is 0 Å². The molecule has 1 unspecified atom stereocenters. The fourth-order valence-electron chi connectivity index (χ4n) is 2.04. The monoisotopic (exact) mass is 253 g/mol. The maximum Gasteiger partial charge on any atom is 0.125 e. The minimum atomic E-state index is -0.373. The Hall–Kier alpha value is -1.09. The highest BCUT2D eigenvalue weighted by Gasteiger charge is 2.22. The quantitative estimate of drug-likeness (QED) is 0.687. The van der Waals surface area contributed by atoms with Crippen molar-refractivity contribution in [1.82, 2.24) is 0 Å². The van der Waals surface area contributed by atoms with Crippen molar-refractivity contribution in [2.75, 3.05) is 11.9 Å². The summed E-state index contributed by atoms with van der Waals surface area (Å²) in [6, 6.07) is 6.37. The van der Waals surface area contributed by atoms with Gasteiger partial charge < -0.3 is 10.4 Å². The first-order valence-corrected chi connectivity index (χ1v) is 6.74. The first-order valence-electron chi connectivity index (χ1n) is 6.74. The number of hydrogen-bond acceptors (Lipinski definition) is 2. The minimum Gasteiger partial charge on any atom is -0.394 e. The van der Waals surface area contributed by atoms with Crippen molar-refractivity contribution in [2.24, 2.45) is 0 Å². The van der Waals surface area contributed by atoms with Crippen LogP contribution in [0, 0.1) is 5.82 Å². The van der Waals surface area contributed by atoms with Gasteiger partial charge in [-0.1, -0.05) is 38.7 Å². The van der Waals surface area contributed by atoms with Gasteiger partial charge in [0.1, 0.15) is 5.82 Å². The van der Waals surface area contributed by atoms with Gasteiger partial charge in [0.05, 0.1) is 12.1 Å². The molecular formula is C15H24FNO. The van der Waals surface area contributed by atoms with Crippen LogP contribution in [-0.2, 0) is 0 Å². The molecule has 0 spiro atoms. The predicted molar refractivity (Wildman–Crippen MR) is 74.3 cm³/mol. The molecule has 0 radical (unpaired) electrons. The van der Waals surface area contributed by atoms with Crippen molar-refractivity contribution >= 4 is 5.69 Å². The predicted octanol–water partition coefficient (Wildman–Crippen LogP) is 3.96. The summed E-state index contributed by atoms with van der Waals surface area (Å²) in [5, 5.41) is 12.7. The SMILES string of the molecule is CCCCCCC(C)(CO)Nc1cccc(F)c1. The van der Waals surface area contributed by atoms with Crippen molar-refractivity contribution in [1.29, 1.82) is 0 Å². The summed E-state index contributed by atoms with van der Waals surface area (Å²) >= 11 is 0. The average molecular weight is 253 g/mol. The number of nitrogens with one attached hydrogen (secondary N) is 1. The van der Waals surface area contributed by atoms with Gasteiger partial charge in [0.15, 0.2) is 0 Å². The second-order valence-electron chi connectivity index (χ2n) is 5.16. The van der Waals surface area contributed by atoms with E-state index < -0.39 is 0 Å². The molecule has 3 heteroatoms. The van der Waals surface area contributed by atoms with E-state index in [1.807, 2.05) is 13.0 Å². The topological polar surface area (TPSA) is 32.3 Å². The largest absolute Gasteiger partial charge is 0.394 e. The van der Waals surface area contributed by atoms with Gasteiger partial charge in [-0.2, -0.15) is 0 Å². The number of aliphatic hydroxyl groups excluding tert-OH is 1. The molecular weight excluding hydrogens is 229 g/mol. The molecule has 0 aromatic heterocycles. The van der Waals surface area contributed by atoms with E-state index in [-0.39, 0.29) is 18.0 Å². The van der Waals surface area contributed by atoms with Gasteiger partial charge >= 0.3 is 0 Å². The van der Waals surface area contributed by atoms with Crippen LogP contribution in [0.15, 0.2) is 24.3 Å². The fraction of sp³-hybridized carbons (Fsp3) is 0.600. The molecule has 0 aliphatic heterocycles. The third kappa shape index (κ3) is 5.05. The molecule has 1 atom stereocenters. The Morgan fingerprint density at radius 3 is 2.67 bits per heavy atom. The van der Waals surface area contributed by atoms with Crippen LogP contribution in [0.2, 0.25) is 0 Å². The molecule has 1 aromatic carbocycles. The van der Waals surface area contributed by atoms with Crippen LogP contribution in [-0.4, -0.2) is 17.3 Å². The summed E-state index contributed by atoms with van der Waals surface area (Å²) < 4.78 is 13.1. The van der Waals surface area contributed by atoms with Crippen molar-refractivity contribution in [2.45, 2.75) is 51.5 Å². The summed E-state index contributed by atoms with van der Waals surface area (Å²) in [4.78, 5) is 0. The zero-order valence-electron chi connectivity index (χ0n) is 11.4. The molecule has 0 aliphatic rings. The van der Waals surface area contributed by atoms with Gasteiger partial charge in [0, 0.05) is 5.69 Å². The summed E-state index contributed by atoms with van der Waals surface area (Å²) in [6.07, 6.45) is 5.57. The van der Waals surface area contributed by atoms with Crippen LogP contribution in [0.5, 0.6) is 0 Å². The lowest BCUT2D eigenvalue weighted by Gasteiger charge is -2.30. The van der Waals surface area contributed by atoms with E-state index in [1.54, 1.807) is 6.07 Å². The van der Waals surface area contributed by atoms with Crippen LogP contribution in [0.1, 0.15) is 46.0 Å². The summed E-state index contributed by atoms with van der Waals surface area (Å²) in [6.45, 7) is 4.20. The Bertz CT molecular complexity index is 356. The molecule has 0 amide bonds. The first kappa shape index (κ1) is 15.0. The highest BCUT2D eigenvalue weighted by atomic mass is 19.1. The van der Waals surface area contributed by atoms with Gasteiger partial charge in [0.25, 0.3) is 0 Å². The molecule has 0 aliphatic carbocycles. The van der Waals surface area contributed by atoms with E-state index >= 15 is 0 Å². The summed E-state index contributed by atoms with van der Waals surface area (Å²) in [5.74, 6) is -0.258. The Balaban J connectivity index is 2.53. The zero-order valence-corrected chi connectivity index (χ0v) is 11.4. The van der Waals surface area contributed by atoms with Crippen molar-refractivity contribution in [3.63, 3.8) is 0 Å². The second-order valence-corrected chi connectivity index (χ2v) is 5.16. The maximum absolute atomic E-state index is 13.1. The lowest BCUT2D eigenvalue weighted by molar-refractivity contribution is 0.211. The molecule has 102 valence electrons. The van der Waals surface area contributed by atoms with Crippen molar-refractivity contribution in [3.8, 4) is 0 Å². The number of halogens is 1. The number of aliphatic hydroxyl groups is 1. The number of rotatable bonds is 8. The third-order valence-corrected chi connectivity index (χ3v) is 3.20. The second kappa shape index (κ2) is 7.37. The number of benzene rings is 1. The summed E-state index contributed by atoms with van der Waals surface area (Å²) in [5.41, 5.74) is 0.351. The van der Waals surface area contributed by atoms with Crippen LogP contribution in [0.4, 0.5) is 10.1 Å². The molecule has 0 bridgehead atoms. The average Bonchev–Trinajstić information content (AvgIpc) is 2.35. The van der Waals surface area contributed by atoms with E-state index in [9.17, 15) is 9.50 Å². The Kier molecular flexibility index (Phi) is 6.13. The van der Waals surface area contributed by atoms with Crippen molar-refractivity contribution in [3.05, 3.63) is 30.1 Å². The molecule has 0 fully saturated rings. The molecule has 2 N–H and O–H groups in total. The Labute approximate surface area is 109 Å². The molecule has 1 aromatic rings.